The van der Waals surface area contributed by atoms with E-state index in [9.17, 15) is 12.8 Å². The molecule has 2 aliphatic heterocycles. The lowest BCUT2D eigenvalue weighted by molar-refractivity contribution is 0.178. The molecule has 2 atom stereocenters. The van der Waals surface area contributed by atoms with Gasteiger partial charge in [0.15, 0.2) is 5.82 Å². The zero-order chi connectivity index (χ0) is 16.4. The first kappa shape index (κ1) is 16.5. The lowest BCUT2D eigenvalue weighted by Crippen LogP contribution is -2.34. The smallest absolute Gasteiger partial charge is 0.225 e. The zero-order valence-electron chi connectivity index (χ0n) is 13.1. The summed E-state index contributed by atoms with van der Waals surface area (Å²) in [5.74, 6) is 0.0964. The first-order valence-electron chi connectivity index (χ1n) is 7.73. The number of anilines is 1. The summed E-state index contributed by atoms with van der Waals surface area (Å²) in [7, 11) is -1.70. The van der Waals surface area contributed by atoms with E-state index in [1.807, 2.05) is 4.90 Å². The van der Waals surface area contributed by atoms with Gasteiger partial charge in [0, 0.05) is 33.3 Å². The molecule has 2 aliphatic rings. The van der Waals surface area contributed by atoms with Gasteiger partial charge in [-0.05, 0) is 18.8 Å². The highest BCUT2D eigenvalue weighted by molar-refractivity contribution is 7.90. The van der Waals surface area contributed by atoms with Crippen LogP contribution in [0.3, 0.4) is 0 Å². The lowest BCUT2D eigenvalue weighted by atomic mass is 10.0. The minimum absolute atomic E-state index is 0.113. The Balaban J connectivity index is 1.70. The molecule has 128 valence electrons. The van der Waals surface area contributed by atoms with Crippen LogP contribution in [0.4, 0.5) is 10.3 Å². The third kappa shape index (κ3) is 3.31. The summed E-state index contributed by atoms with van der Waals surface area (Å²) in [6, 6.07) is 0. The van der Waals surface area contributed by atoms with Crippen LogP contribution < -0.4 is 4.90 Å². The molecule has 0 bridgehead atoms. The van der Waals surface area contributed by atoms with E-state index in [4.69, 9.17) is 4.74 Å². The van der Waals surface area contributed by atoms with Crippen molar-refractivity contribution in [2.45, 2.75) is 18.1 Å². The largest absolute Gasteiger partial charge is 0.383 e. The second-order valence-electron chi connectivity index (χ2n) is 5.96. The number of rotatable bonds is 4. The molecule has 0 radical (unpaired) electrons. The quantitative estimate of drug-likeness (QED) is 0.791. The van der Waals surface area contributed by atoms with Gasteiger partial charge in [-0.25, -0.2) is 22.8 Å². The summed E-state index contributed by atoms with van der Waals surface area (Å²) in [5, 5.41) is -0.357. The maximum absolute atomic E-state index is 12.9. The van der Waals surface area contributed by atoms with Crippen LogP contribution in [0.15, 0.2) is 12.4 Å². The number of halogens is 1. The minimum atomic E-state index is -3.27. The van der Waals surface area contributed by atoms with E-state index in [-0.39, 0.29) is 11.2 Å². The highest BCUT2D eigenvalue weighted by Crippen LogP contribution is 2.34. The van der Waals surface area contributed by atoms with Gasteiger partial charge in [-0.2, -0.15) is 4.31 Å². The van der Waals surface area contributed by atoms with Crippen molar-refractivity contribution in [2.24, 2.45) is 5.92 Å². The predicted molar refractivity (Wildman–Crippen MR) is 83.1 cm³/mol. The van der Waals surface area contributed by atoms with Gasteiger partial charge in [0.05, 0.1) is 24.3 Å². The number of methoxy groups -OCH3 is 1. The van der Waals surface area contributed by atoms with E-state index in [2.05, 4.69) is 9.97 Å². The van der Waals surface area contributed by atoms with E-state index in [1.54, 1.807) is 11.4 Å². The van der Waals surface area contributed by atoms with Crippen LogP contribution in [0.2, 0.25) is 0 Å². The maximum atomic E-state index is 12.9. The number of hydrogen-bond donors (Lipinski definition) is 0. The molecule has 0 unspecified atom stereocenters. The van der Waals surface area contributed by atoms with Gasteiger partial charge in [-0.15, -0.1) is 0 Å². The third-order valence-corrected chi connectivity index (χ3v) is 7.03. The summed E-state index contributed by atoms with van der Waals surface area (Å²) < 4.78 is 44.8. The Bertz CT molecular complexity index is 640. The van der Waals surface area contributed by atoms with Crippen molar-refractivity contribution < 1.29 is 17.5 Å². The fraction of sp³-hybridized carbons (Fsp3) is 0.714. The van der Waals surface area contributed by atoms with Crippen molar-refractivity contribution in [3.05, 3.63) is 18.2 Å². The SMILES string of the molecule is COCCN1C[C@@H]2CCN(c3ncc(F)cn3)CC[C@@H]2S1(=O)=O. The Morgan fingerprint density at radius 3 is 2.70 bits per heavy atom. The van der Waals surface area contributed by atoms with Gasteiger partial charge in [-0.1, -0.05) is 0 Å². The molecule has 2 fully saturated rings. The highest BCUT2D eigenvalue weighted by Gasteiger charge is 2.46. The van der Waals surface area contributed by atoms with Crippen molar-refractivity contribution in [2.75, 3.05) is 44.8 Å². The van der Waals surface area contributed by atoms with Crippen LogP contribution in [0.5, 0.6) is 0 Å². The molecule has 0 N–H and O–H groups in total. The number of nitrogens with zero attached hydrogens (tertiary/aromatic N) is 4. The Hall–Kier alpha value is -1.32. The average Bonchev–Trinajstić information content (AvgIpc) is 2.68. The summed E-state index contributed by atoms with van der Waals surface area (Å²) >= 11 is 0. The number of ether oxygens (including phenoxy) is 1. The number of aromatic nitrogens is 2. The summed E-state index contributed by atoms with van der Waals surface area (Å²) in [4.78, 5) is 9.92. The van der Waals surface area contributed by atoms with Crippen molar-refractivity contribution >= 4 is 16.0 Å². The van der Waals surface area contributed by atoms with Crippen molar-refractivity contribution in [1.82, 2.24) is 14.3 Å². The molecule has 1 aromatic rings. The fourth-order valence-corrected chi connectivity index (χ4v) is 5.60. The Labute approximate surface area is 135 Å². The van der Waals surface area contributed by atoms with Crippen LogP contribution in [-0.2, 0) is 14.8 Å². The lowest BCUT2D eigenvalue weighted by Gasteiger charge is -2.21. The molecule has 7 nitrogen and oxygen atoms in total. The Morgan fingerprint density at radius 1 is 1.30 bits per heavy atom. The Kier molecular flexibility index (Phi) is 4.79. The minimum Gasteiger partial charge on any atom is -0.383 e. The molecule has 1 aromatic heterocycles. The van der Waals surface area contributed by atoms with Crippen molar-refractivity contribution in [3.63, 3.8) is 0 Å². The van der Waals surface area contributed by atoms with Crippen LogP contribution in [0.1, 0.15) is 12.8 Å². The van der Waals surface area contributed by atoms with Crippen LogP contribution >= 0.6 is 0 Å². The molecule has 2 saturated heterocycles. The van der Waals surface area contributed by atoms with Gasteiger partial charge in [-0.3, -0.25) is 0 Å². The monoisotopic (exact) mass is 344 g/mol. The van der Waals surface area contributed by atoms with Gasteiger partial charge >= 0.3 is 0 Å². The van der Waals surface area contributed by atoms with Gasteiger partial charge in [0.25, 0.3) is 0 Å². The van der Waals surface area contributed by atoms with Crippen LogP contribution in [-0.4, -0.2) is 67.8 Å². The molecule has 23 heavy (non-hydrogen) atoms. The fourth-order valence-electron chi connectivity index (χ4n) is 3.38. The number of fused-ring (bicyclic) bond motifs is 1. The van der Waals surface area contributed by atoms with E-state index < -0.39 is 15.8 Å². The van der Waals surface area contributed by atoms with E-state index in [0.29, 0.717) is 45.2 Å². The zero-order valence-corrected chi connectivity index (χ0v) is 13.9. The molecule has 0 aliphatic carbocycles. The van der Waals surface area contributed by atoms with Gasteiger partial charge < -0.3 is 9.64 Å². The van der Waals surface area contributed by atoms with E-state index >= 15 is 0 Å². The maximum Gasteiger partial charge on any atom is 0.225 e. The molecule has 3 rings (SSSR count). The normalized spacial score (nSPS) is 27.7. The van der Waals surface area contributed by atoms with Gasteiger partial charge in [0.1, 0.15) is 0 Å². The summed E-state index contributed by atoms with van der Waals surface area (Å²) in [6.07, 6.45) is 3.57. The molecule has 0 saturated carbocycles. The second-order valence-corrected chi connectivity index (χ2v) is 8.11. The first-order chi connectivity index (χ1) is 11.0. The number of sulfonamides is 1. The molecular formula is C14H21FN4O3S. The van der Waals surface area contributed by atoms with E-state index in [1.165, 1.54) is 0 Å². The predicted octanol–water partition coefficient (Wildman–Crippen LogP) is 0.492. The average molecular weight is 344 g/mol. The molecule has 3 heterocycles. The Morgan fingerprint density at radius 2 is 2.00 bits per heavy atom. The highest BCUT2D eigenvalue weighted by atomic mass is 32.2. The third-order valence-electron chi connectivity index (χ3n) is 4.59. The number of hydrogen-bond acceptors (Lipinski definition) is 6. The molecular weight excluding hydrogens is 323 g/mol. The molecule has 0 aromatic carbocycles. The molecule has 0 spiro atoms. The van der Waals surface area contributed by atoms with Crippen LogP contribution in [0, 0.1) is 11.7 Å². The standard InChI is InChI=1S/C14H21FN4O3S/c1-22-7-6-19-10-11-2-4-18(5-3-13(11)23(19,20)21)14-16-8-12(15)9-17-14/h8-9,11,13H,2-7,10H2,1H3/t11-,13-/m0/s1. The second kappa shape index (κ2) is 6.66. The van der Waals surface area contributed by atoms with Gasteiger partial charge in [0.2, 0.25) is 16.0 Å². The molecule has 9 heteroatoms. The van der Waals surface area contributed by atoms with Crippen molar-refractivity contribution in [1.29, 1.82) is 0 Å². The van der Waals surface area contributed by atoms with E-state index in [0.717, 1.165) is 18.8 Å². The topological polar surface area (TPSA) is 75.6 Å². The summed E-state index contributed by atoms with van der Waals surface area (Å²) in [5.41, 5.74) is 0. The van der Waals surface area contributed by atoms with Crippen molar-refractivity contribution in [3.8, 4) is 0 Å². The van der Waals surface area contributed by atoms with Crippen LogP contribution in [0.25, 0.3) is 0 Å². The first-order valence-corrected chi connectivity index (χ1v) is 9.23. The summed E-state index contributed by atoms with van der Waals surface area (Å²) in [6.45, 7) is 2.61. The molecule has 0 amide bonds.